The molecule has 3 N–H and O–H groups in total. The van der Waals surface area contributed by atoms with Crippen LogP contribution in [0.25, 0.3) is 0 Å². The fraction of sp³-hybridized carbons (Fsp3) is 0.250. The lowest BCUT2D eigenvalue weighted by Gasteiger charge is -2.24. The second-order valence-corrected chi connectivity index (χ2v) is 24.4. The van der Waals surface area contributed by atoms with Crippen LogP contribution in [-0.2, 0) is 33.8 Å². The van der Waals surface area contributed by atoms with Gasteiger partial charge in [0.1, 0.15) is 37.8 Å². The molecule has 0 aliphatic rings. The Labute approximate surface area is 453 Å². The number of methoxy groups -OCH3 is 1. The third-order valence-electron chi connectivity index (χ3n) is 7.95. The van der Waals surface area contributed by atoms with E-state index in [0.717, 1.165) is 4.31 Å². The highest BCUT2D eigenvalue weighted by Gasteiger charge is 2.27. The van der Waals surface area contributed by atoms with Crippen molar-refractivity contribution in [3.8, 4) is 17.2 Å². The molecule has 0 saturated heterocycles. The van der Waals surface area contributed by atoms with Crippen LogP contribution in [0.5, 0.6) is 17.2 Å². The van der Waals surface area contributed by atoms with Gasteiger partial charge in [-0.15, -0.1) is 0 Å². The van der Waals surface area contributed by atoms with Crippen LogP contribution in [0, 0.1) is 0 Å². The molecule has 3 aromatic heterocycles. The minimum atomic E-state index is -3.88. The second kappa shape index (κ2) is 28.0. The average molecular weight is 1300 g/mol. The molecule has 3 aromatic carbocycles. The molecular weight excluding hydrogens is 1250 g/mol. The van der Waals surface area contributed by atoms with Gasteiger partial charge in [0.15, 0.2) is 0 Å². The van der Waals surface area contributed by atoms with Gasteiger partial charge in [-0.3, -0.25) is 4.72 Å². The summed E-state index contributed by atoms with van der Waals surface area (Å²) < 4.78 is 98.9. The number of nitrogens with two attached hydrogens (primary N) is 1. The Hall–Kier alpha value is -3.68. The lowest BCUT2D eigenvalue weighted by Crippen LogP contribution is -2.33. The average Bonchev–Trinajstić information content (AvgIpc) is 3.26. The number of nitrogen functional groups attached to an aromatic ring is 1. The van der Waals surface area contributed by atoms with E-state index in [1.165, 1.54) is 74.2 Å². The van der Waals surface area contributed by atoms with Gasteiger partial charge in [-0.1, -0.05) is 34.8 Å². The van der Waals surface area contributed by atoms with Crippen molar-refractivity contribution in [3.05, 3.63) is 138 Å². The van der Waals surface area contributed by atoms with Crippen molar-refractivity contribution in [3.63, 3.8) is 0 Å². The van der Waals surface area contributed by atoms with Crippen molar-refractivity contribution in [2.75, 3.05) is 28.6 Å². The summed E-state index contributed by atoms with van der Waals surface area (Å²) in [7, 11) is -4.68. The number of pyridine rings is 3. The lowest BCUT2D eigenvalue weighted by atomic mass is 10.3. The lowest BCUT2D eigenvalue weighted by molar-refractivity contribution is 0.209. The van der Waals surface area contributed by atoms with E-state index in [9.17, 15) is 25.3 Å². The van der Waals surface area contributed by atoms with Crippen LogP contribution < -0.4 is 29.0 Å². The van der Waals surface area contributed by atoms with Crippen molar-refractivity contribution in [2.45, 2.75) is 74.5 Å². The van der Waals surface area contributed by atoms with E-state index in [0.29, 0.717) is 51.8 Å². The van der Waals surface area contributed by atoms with Crippen molar-refractivity contribution in [2.24, 2.45) is 0 Å². The van der Waals surface area contributed by atoms with Crippen LogP contribution in [0.4, 0.5) is 17.1 Å². The van der Waals surface area contributed by atoms with Crippen LogP contribution in [-0.4, -0.2) is 72.4 Å². The summed E-state index contributed by atoms with van der Waals surface area (Å²) in [5.74, 6) is 1.83. The summed E-state index contributed by atoms with van der Waals surface area (Å²) in [5.41, 5.74) is 6.55. The first kappa shape index (κ1) is 60.6. The zero-order valence-electron chi connectivity index (χ0n) is 38.2. The van der Waals surface area contributed by atoms with Gasteiger partial charge in [0.05, 0.1) is 65.1 Å². The zero-order chi connectivity index (χ0) is 52.6. The number of sulfonamides is 2. The Kier molecular flexibility index (Phi) is 24.2. The molecule has 0 amide bonds. The number of aromatic nitrogens is 3. The van der Waals surface area contributed by atoms with Gasteiger partial charge >= 0.3 is 0 Å². The van der Waals surface area contributed by atoms with Gasteiger partial charge in [0, 0.05) is 36.4 Å². The molecule has 0 fully saturated rings. The number of halogens is 7. The number of benzene rings is 3. The summed E-state index contributed by atoms with van der Waals surface area (Å²) >= 11 is 26.9. The summed E-state index contributed by atoms with van der Waals surface area (Å²) in [4.78, 5) is 12.1. The van der Waals surface area contributed by atoms with Crippen LogP contribution in [0.1, 0.15) is 41.5 Å². The normalized spacial score (nSPS) is 11.3. The fourth-order valence-electron chi connectivity index (χ4n) is 5.12. The number of hydrogen-bond acceptors (Lipinski definition) is 14. The maximum absolute atomic E-state index is 13.0. The highest BCUT2D eigenvalue weighted by atomic mass is 79.9. The third-order valence-corrected chi connectivity index (χ3v) is 15.0. The quantitative estimate of drug-likeness (QED) is 0.0555. The SMILES string of the molecule is CC(C)Oc1ccc(S(=O)(=O)Cl)cc1.CC(C)Oc1ccc(S(=O)(=O)Nc2cc(Cl)cnc2Br)cc1.COCN(c1cc(Cl)cnc1Br)S(=O)(=O)c1ccc(OC(C)C)cc1.Nc1cc(Cl)cnc1Br. The van der Waals surface area contributed by atoms with Crippen LogP contribution in [0.2, 0.25) is 15.1 Å². The number of ether oxygens (including phenoxy) is 4. The van der Waals surface area contributed by atoms with Crippen LogP contribution >= 0.6 is 93.3 Å². The number of nitrogens with zero attached hydrogens (tertiary/aromatic N) is 4. The summed E-state index contributed by atoms with van der Waals surface area (Å²) in [6, 6.07) is 23.0. The monoisotopic (exact) mass is 1290 g/mol. The maximum Gasteiger partial charge on any atom is 0.266 e. The number of nitrogens with one attached hydrogen (secondary N) is 1. The number of anilines is 3. The minimum absolute atomic E-state index is 0.000868. The molecule has 6 rings (SSSR count). The molecule has 26 heteroatoms. The van der Waals surface area contributed by atoms with Gasteiger partial charge in [-0.2, -0.15) is 0 Å². The molecule has 6 aromatic rings. The predicted molar refractivity (Wildman–Crippen MR) is 287 cm³/mol. The van der Waals surface area contributed by atoms with Gasteiger partial charge in [-0.05, 0) is 180 Å². The van der Waals surface area contributed by atoms with Gasteiger partial charge in [-0.25, -0.2) is 44.5 Å². The second-order valence-electron chi connectivity index (χ2n) is 14.7. The zero-order valence-corrected chi connectivity index (χ0v) is 48.4. The molecule has 0 bridgehead atoms. The summed E-state index contributed by atoms with van der Waals surface area (Å²) in [6.45, 7) is 11.2. The topological polar surface area (TPSA) is 219 Å². The van der Waals surface area contributed by atoms with Gasteiger partial charge < -0.3 is 24.7 Å². The van der Waals surface area contributed by atoms with Crippen molar-refractivity contribution < 1.29 is 44.2 Å². The Bertz CT molecular complexity index is 2990. The molecule has 0 spiro atoms. The molecule has 0 radical (unpaired) electrons. The van der Waals surface area contributed by atoms with Crippen LogP contribution in [0.15, 0.2) is 138 Å². The largest absolute Gasteiger partial charge is 0.491 e. The number of rotatable bonds is 15. The molecule has 0 saturated carbocycles. The fourth-order valence-corrected chi connectivity index (χ4v) is 10.0. The number of hydrogen-bond donors (Lipinski definition) is 2. The first-order chi connectivity index (χ1) is 32.6. The van der Waals surface area contributed by atoms with E-state index < -0.39 is 29.1 Å². The van der Waals surface area contributed by atoms with Crippen LogP contribution in [0.3, 0.4) is 0 Å². The Morgan fingerprint density at radius 3 is 1.37 bits per heavy atom. The van der Waals surface area contributed by atoms with Crippen molar-refractivity contribution in [1.82, 2.24) is 15.0 Å². The molecule has 0 atom stereocenters. The van der Waals surface area contributed by atoms with Gasteiger partial charge in [0.2, 0.25) is 0 Å². The predicted octanol–water partition coefficient (Wildman–Crippen LogP) is 12.7. The highest BCUT2D eigenvalue weighted by molar-refractivity contribution is 9.11. The first-order valence-corrected chi connectivity index (χ1v) is 28.8. The molecular formula is C44H47Br3Cl4N6O10S3. The Morgan fingerprint density at radius 2 is 0.971 bits per heavy atom. The Morgan fingerprint density at radius 1 is 0.586 bits per heavy atom. The van der Waals surface area contributed by atoms with E-state index >= 15 is 0 Å². The molecule has 3 heterocycles. The summed E-state index contributed by atoms with van der Waals surface area (Å²) in [5, 5.41) is 1.20. The van der Waals surface area contributed by atoms with E-state index in [-0.39, 0.29) is 51.1 Å². The third kappa shape index (κ3) is 20.1. The van der Waals surface area contributed by atoms with E-state index in [1.54, 1.807) is 42.5 Å². The molecule has 0 unspecified atom stereocenters. The molecule has 70 heavy (non-hydrogen) atoms. The molecule has 0 aliphatic carbocycles. The summed E-state index contributed by atoms with van der Waals surface area (Å²) in [6.07, 6.45) is 4.46. The minimum Gasteiger partial charge on any atom is -0.491 e. The van der Waals surface area contributed by atoms with E-state index in [2.05, 4.69) is 67.5 Å². The Balaban J connectivity index is 0.000000262. The van der Waals surface area contributed by atoms with E-state index in [4.69, 9.17) is 70.2 Å². The highest BCUT2D eigenvalue weighted by Crippen LogP contribution is 2.32. The molecule has 380 valence electrons. The molecule has 0 aliphatic heterocycles. The smallest absolute Gasteiger partial charge is 0.266 e. The molecule has 16 nitrogen and oxygen atoms in total. The van der Waals surface area contributed by atoms with Crippen molar-refractivity contribution >= 4 is 139 Å². The van der Waals surface area contributed by atoms with Crippen molar-refractivity contribution in [1.29, 1.82) is 0 Å². The standard InChI is InChI=1S/C16H18BrClN2O4S.C14H14BrClN2O3S.C9H11ClO3S.C5H4BrClN2/c1-11(2)24-13-4-6-14(7-5-13)25(21,22)20(10-23-3)15-8-12(18)9-19-16(15)17;1-9(2)21-11-3-5-12(6-4-11)22(19,20)18-13-7-10(16)8-17-14(13)15;1-7(2)13-8-3-5-9(6-4-8)14(10,11)12;6-5-4(8)1-3(7)2-9-5/h4-9,11H,10H2,1-3H3;3-9,18H,1-2H3;3-7H,1-2H3;1-2H,8H2. The maximum atomic E-state index is 13.0. The first-order valence-electron chi connectivity index (χ1n) is 20.1. The van der Waals surface area contributed by atoms with Gasteiger partial charge in [0.25, 0.3) is 29.1 Å². The van der Waals surface area contributed by atoms with E-state index in [1.807, 2.05) is 41.5 Å².